The molecule has 6 heteroatoms. The molecule has 1 atom stereocenters. The summed E-state index contributed by atoms with van der Waals surface area (Å²) in [6, 6.07) is 7.88. The molecule has 104 valence electrons. The molecule has 0 bridgehead atoms. The maximum Gasteiger partial charge on any atom is 0.246 e. The summed E-state index contributed by atoms with van der Waals surface area (Å²) in [5.41, 5.74) is 7.44. The molecule has 2 aromatic heterocycles. The fourth-order valence-corrected chi connectivity index (χ4v) is 1.95. The van der Waals surface area contributed by atoms with Gasteiger partial charge in [-0.2, -0.15) is 4.98 Å². The van der Waals surface area contributed by atoms with Crippen LogP contribution in [0, 0.1) is 0 Å². The molecule has 0 saturated carbocycles. The minimum absolute atomic E-state index is 0.464. The van der Waals surface area contributed by atoms with Crippen molar-refractivity contribution >= 4 is 11.0 Å². The first-order valence-electron chi connectivity index (χ1n) is 6.64. The first-order valence-corrected chi connectivity index (χ1v) is 6.64. The molecule has 0 fully saturated rings. The molecule has 0 saturated heterocycles. The van der Waals surface area contributed by atoms with Crippen LogP contribution in [-0.2, 0) is 12.0 Å². The fraction of sp³-hybridized carbons (Fsp3) is 0.357. The molecule has 3 rings (SSSR count). The van der Waals surface area contributed by atoms with E-state index in [1.54, 1.807) is 0 Å². The number of imidazole rings is 1. The van der Waals surface area contributed by atoms with Crippen LogP contribution in [0.4, 0.5) is 0 Å². The number of nitrogens with two attached hydrogens (primary N) is 1. The van der Waals surface area contributed by atoms with Gasteiger partial charge in [0.05, 0.1) is 23.0 Å². The Morgan fingerprint density at radius 2 is 2.10 bits per heavy atom. The van der Waals surface area contributed by atoms with Gasteiger partial charge in [0.2, 0.25) is 5.89 Å². The highest BCUT2D eigenvalue weighted by Crippen LogP contribution is 2.20. The SMILES string of the molecule is CCC(C)(N)c1nc(Cc2nc3ccccc3[nH]2)no1. The molecule has 0 aliphatic rings. The van der Waals surface area contributed by atoms with Crippen molar-refractivity contribution in [1.29, 1.82) is 0 Å². The maximum atomic E-state index is 6.09. The smallest absolute Gasteiger partial charge is 0.246 e. The van der Waals surface area contributed by atoms with Crippen LogP contribution in [0.1, 0.15) is 37.8 Å². The van der Waals surface area contributed by atoms with Gasteiger partial charge in [0.1, 0.15) is 5.82 Å². The van der Waals surface area contributed by atoms with Crippen LogP contribution < -0.4 is 5.73 Å². The predicted octanol–water partition coefficient (Wildman–Crippen LogP) is 2.12. The standard InChI is InChI=1S/C14H17N5O/c1-3-14(2,15)13-18-12(19-20-13)8-11-16-9-6-4-5-7-10(9)17-11/h4-7H,3,8,15H2,1-2H3,(H,16,17). The average Bonchev–Trinajstić information content (AvgIpc) is 3.05. The van der Waals surface area contributed by atoms with Crippen molar-refractivity contribution in [3.8, 4) is 0 Å². The van der Waals surface area contributed by atoms with Crippen LogP contribution in [0.3, 0.4) is 0 Å². The van der Waals surface area contributed by atoms with Crippen LogP contribution in [0.25, 0.3) is 11.0 Å². The maximum absolute atomic E-state index is 6.09. The molecule has 0 amide bonds. The number of hydrogen-bond donors (Lipinski definition) is 2. The number of nitrogens with one attached hydrogen (secondary N) is 1. The van der Waals surface area contributed by atoms with E-state index in [0.29, 0.717) is 18.1 Å². The van der Waals surface area contributed by atoms with Crippen molar-refractivity contribution in [2.75, 3.05) is 0 Å². The summed E-state index contributed by atoms with van der Waals surface area (Å²) in [5, 5.41) is 3.97. The van der Waals surface area contributed by atoms with Crippen molar-refractivity contribution in [3.05, 3.63) is 41.8 Å². The van der Waals surface area contributed by atoms with Gasteiger partial charge in [-0.3, -0.25) is 0 Å². The molecule has 6 nitrogen and oxygen atoms in total. The number of nitrogens with zero attached hydrogens (tertiary/aromatic N) is 3. The van der Waals surface area contributed by atoms with E-state index in [0.717, 1.165) is 23.3 Å². The van der Waals surface area contributed by atoms with E-state index in [2.05, 4.69) is 20.1 Å². The number of aromatic nitrogens is 4. The number of H-pyrrole nitrogens is 1. The Labute approximate surface area is 116 Å². The molecule has 1 aromatic carbocycles. The Kier molecular flexibility index (Phi) is 3.02. The molecule has 3 N–H and O–H groups in total. The molecule has 1 unspecified atom stereocenters. The number of aromatic amines is 1. The van der Waals surface area contributed by atoms with E-state index in [1.165, 1.54) is 0 Å². The summed E-state index contributed by atoms with van der Waals surface area (Å²) in [4.78, 5) is 12.1. The average molecular weight is 271 g/mol. The lowest BCUT2D eigenvalue weighted by Gasteiger charge is -2.16. The molecule has 2 heterocycles. The summed E-state index contributed by atoms with van der Waals surface area (Å²) in [6.07, 6.45) is 1.23. The summed E-state index contributed by atoms with van der Waals surface area (Å²) >= 11 is 0. The highest BCUT2D eigenvalue weighted by atomic mass is 16.5. The van der Waals surface area contributed by atoms with E-state index in [4.69, 9.17) is 10.3 Å². The summed E-state index contributed by atoms with van der Waals surface area (Å²) < 4.78 is 5.24. The van der Waals surface area contributed by atoms with Gasteiger partial charge < -0.3 is 15.2 Å². The lowest BCUT2D eigenvalue weighted by atomic mass is 10.0. The highest BCUT2D eigenvalue weighted by molar-refractivity contribution is 5.74. The van der Waals surface area contributed by atoms with Crippen LogP contribution in [0.5, 0.6) is 0 Å². The number of para-hydroxylation sites is 2. The van der Waals surface area contributed by atoms with Crippen molar-refractivity contribution < 1.29 is 4.52 Å². The Balaban J connectivity index is 1.84. The van der Waals surface area contributed by atoms with E-state index in [-0.39, 0.29) is 0 Å². The molecule has 20 heavy (non-hydrogen) atoms. The molecule has 3 aromatic rings. The third-order valence-corrected chi connectivity index (χ3v) is 3.46. The van der Waals surface area contributed by atoms with Gasteiger partial charge in [0.25, 0.3) is 0 Å². The fourth-order valence-electron chi connectivity index (χ4n) is 1.95. The Bertz CT molecular complexity index is 695. The zero-order valence-electron chi connectivity index (χ0n) is 11.6. The van der Waals surface area contributed by atoms with Crippen LogP contribution in [0.15, 0.2) is 28.8 Å². The zero-order valence-corrected chi connectivity index (χ0v) is 11.6. The Morgan fingerprint density at radius 1 is 1.30 bits per heavy atom. The largest absolute Gasteiger partial charge is 0.342 e. The first kappa shape index (κ1) is 12.8. The minimum Gasteiger partial charge on any atom is -0.342 e. The number of rotatable bonds is 4. The van der Waals surface area contributed by atoms with E-state index in [9.17, 15) is 0 Å². The van der Waals surface area contributed by atoms with Crippen molar-refractivity contribution in [3.63, 3.8) is 0 Å². The van der Waals surface area contributed by atoms with Crippen molar-refractivity contribution in [2.24, 2.45) is 5.73 Å². The summed E-state index contributed by atoms with van der Waals surface area (Å²) in [6.45, 7) is 3.87. The number of benzene rings is 1. The second-order valence-electron chi connectivity index (χ2n) is 5.16. The zero-order chi connectivity index (χ0) is 14.2. The third kappa shape index (κ3) is 2.30. The Morgan fingerprint density at radius 3 is 2.85 bits per heavy atom. The lowest BCUT2D eigenvalue weighted by molar-refractivity contribution is 0.290. The number of fused-ring (bicyclic) bond motifs is 1. The molecule has 0 aliphatic carbocycles. The quantitative estimate of drug-likeness (QED) is 0.758. The highest BCUT2D eigenvalue weighted by Gasteiger charge is 2.26. The van der Waals surface area contributed by atoms with Gasteiger partial charge >= 0.3 is 0 Å². The van der Waals surface area contributed by atoms with E-state index in [1.807, 2.05) is 38.1 Å². The summed E-state index contributed by atoms with van der Waals surface area (Å²) in [7, 11) is 0. The molecular formula is C14H17N5O. The van der Waals surface area contributed by atoms with Gasteiger partial charge in [-0.05, 0) is 25.5 Å². The van der Waals surface area contributed by atoms with Gasteiger partial charge in [-0.1, -0.05) is 24.2 Å². The molecule has 0 aliphatic heterocycles. The lowest BCUT2D eigenvalue weighted by Crippen LogP contribution is -2.32. The van der Waals surface area contributed by atoms with Crippen molar-refractivity contribution in [1.82, 2.24) is 20.1 Å². The van der Waals surface area contributed by atoms with E-state index < -0.39 is 5.54 Å². The van der Waals surface area contributed by atoms with Crippen LogP contribution in [0.2, 0.25) is 0 Å². The second kappa shape index (κ2) is 4.72. The van der Waals surface area contributed by atoms with Gasteiger partial charge in [-0.15, -0.1) is 0 Å². The Hall–Kier alpha value is -2.21. The van der Waals surface area contributed by atoms with Gasteiger partial charge in [-0.25, -0.2) is 4.98 Å². The molecule has 0 spiro atoms. The normalized spacial score (nSPS) is 14.6. The van der Waals surface area contributed by atoms with Gasteiger partial charge in [0.15, 0.2) is 5.82 Å². The predicted molar refractivity (Wildman–Crippen MR) is 75.0 cm³/mol. The molecular weight excluding hydrogens is 254 g/mol. The van der Waals surface area contributed by atoms with Crippen LogP contribution >= 0.6 is 0 Å². The summed E-state index contributed by atoms with van der Waals surface area (Å²) in [5.74, 6) is 1.86. The van der Waals surface area contributed by atoms with Gasteiger partial charge in [0, 0.05) is 0 Å². The topological polar surface area (TPSA) is 93.6 Å². The van der Waals surface area contributed by atoms with Crippen LogP contribution in [-0.4, -0.2) is 20.1 Å². The van der Waals surface area contributed by atoms with E-state index >= 15 is 0 Å². The monoisotopic (exact) mass is 271 g/mol. The second-order valence-corrected chi connectivity index (χ2v) is 5.16. The third-order valence-electron chi connectivity index (χ3n) is 3.46. The number of hydrogen-bond acceptors (Lipinski definition) is 5. The van der Waals surface area contributed by atoms with Crippen molar-refractivity contribution in [2.45, 2.75) is 32.2 Å². The molecule has 0 radical (unpaired) electrons. The minimum atomic E-state index is -0.584. The first-order chi connectivity index (χ1) is 9.58.